The van der Waals surface area contributed by atoms with Crippen molar-refractivity contribution in [1.29, 1.82) is 0 Å². The van der Waals surface area contributed by atoms with E-state index in [2.05, 4.69) is 17.3 Å². The molecule has 2 unspecified atom stereocenters. The van der Waals surface area contributed by atoms with Crippen LogP contribution in [0, 0.1) is 16.0 Å². The van der Waals surface area contributed by atoms with E-state index >= 15 is 0 Å². The van der Waals surface area contributed by atoms with E-state index in [0.29, 0.717) is 17.8 Å². The first-order chi connectivity index (χ1) is 7.58. The predicted molar refractivity (Wildman–Crippen MR) is 60.3 cm³/mol. The van der Waals surface area contributed by atoms with Gasteiger partial charge in [0.25, 0.3) is 0 Å². The standard InChI is InChI=1S/C10H16N4O2/c1-7-4-3-5-8(7)11-10-9(14(15)16)6-13(2)12-10/h6-8H,3-5H2,1-2H3,(H,11,12). The zero-order valence-corrected chi connectivity index (χ0v) is 9.51. The molecule has 1 aliphatic carbocycles. The average Bonchev–Trinajstić information content (AvgIpc) is 2.75. The van der Waals surface area contributed by atoms with Crippen LogP contribution in [0.3, 0.4) is 0 Å². The monoisotopic (exact) mass is 224 g/mol. The van der Waals surface area contributed by atoms with Crippen molar-refractivity contribution >= 4 is 11.5 Å². The molecule has 1 fully saturated rings. The number of anilines is 1. The molecule has 1 heterocycles. The van der Waals surface area contributed by atoms with E-state index in [9.17, 15) is 10.1 Å². The minimum absolute atomic E-state index is 0.0570. The maximum atomic E-state index is 10.8. The van der Waals surface area contributed by atoms with Crippen LogP contribution in [0.25, 0.3) is 0 Å². The van der Waals surface area contributed by atoms with Crippen LogP contribution < -0.4 is 5.32 Å². The molecule has 1 aromatic heterocycles. The van der Waals surface area contributed by atoms with E-state index in [1.807, 2.05) is 0 Å². The first-order valence-electron chi connectivity index (χ1n) is 5.52. The first kappa shape index (κ1) is 10.9. The van der Waals surface area contributed by atoms with Crippen LogP contribution in [0.4, 0.5) is 11.5 Å². The van der Waals surface area contributed by atoms with Crippen molar-refractivity contribution in [2.24, 2.45) is 13.0 Å². The second kappa shape index (κ2) is 4.11. The van der Waals surface area contributed by atoms with Crippen LogP contribution in [0.1, 0.15) is 26.2 Å². The molecule has 0 aliphatic heterocycles. The van der Waals surface area contributed by atoms with Gasteiger partial charge in [0.15, 0.2) is 0 Å². The Labute approximate surface area is 93.8 Å². The van der Waals surface area contributed by atoms with Crippen LogP contribution in [0.2, 0.25) is 0 Å². The van der Waals surface area contributed by atoms with E-state index in [0.717, 1.165) is 6.42 Å². The smallest absolute Gasteiger partial charge is 0.330 e. The van der Waals surface area contributed by atoms with Gasteiger partial charge in [-0.25, -0.2) is 0 Å². The molecular weight excluding hydrogens is 208 g/mol. The summed E-state index contributed by atoms with van der Waals surface area (Å²) in [5, 5.41) is 18.1. The summed E-state index contributed by atoms with van der Waals surface area (Å²) in [7, 11) is 1.69. The van der Waals surface area contributed by atoms with Crippen LogP contribution in [0.15, 0.2) is 6.20 Å². The fourth-order valence-electron chi connectivity index (χ4n) is 2.25. The molecule has 6 nitrogen and oxygen atoms in total. The zero-order chi connectivity index (χ0) is 11.7. The van der Waals surface area contributed by atoms with E-state index in [1.54, 1.807) is 7.05 Å². The van der Waals surface area contributed by atoms with Gasteiger partial charge in [0.2, 0.25) is 5.82 Å². The Kier molecular flexibility index (Phi) is 2.80. The van der Waals surface area contributed by atoms with Crippen molar-refractivity contribution < 1.29 is 4.92 Å². The van der Waals surface area contributed by atoms with Crippen molar-refractivity contribution in [3.8, 4) is 0 Å². The van der Waals surface area contributed by atoms with E-state index in [-0.39, 0.29) is 5.69 Å². The quantitative estimate of drug-likeness (QED) is 0.629. The van der Waals surface area contributed by atoms with Gasteiger partial charge in [0.05, 0.1) is 4.92 Å². The highest BCUT2D eigenvalue weighted by Crippen LogP contribution is 2.30. The fraction of sp³-hybridized carbons (Fsp3) is 0.700. The van der Waals surface area contributed by atoms with Gasteiger partial charge in [-0.2, -0.15) is 0 Å². The molecule has 0 bridgehead atoms. The minimum atomic E-state index is -0.394. The normalized spacial score (nSPS) is 24.6. The molecular formula is C10H16N4O2. The van der Waals surface area contributed by atoms with Crippen LogP contribution >= 0.6 is 0 Å². The summed E-state index contributed by atoms with van der Waals surface area (Å²) in [4.78, 5) is 10.4. The molecule has 2 rings (SSSR count). The second-order valence-corrected chi connectivity index (χ2v) is 4.45. The Morgan fingerprint density at radius 2 is 2.38 bits per heavy atom. The lowest BCUT2D eigenvalue weighted by Crippen LogP contribution is -2.22. The van der Waals surface area contributed by atoms with Crippen LogP contribution in [-0.2, 0) is 7.05 Å². The van der Waals surface area contributed by atoms with Crippen molar-refractivity contribution in [2.75, 3.05) is 5.32 Å². The second-order valence-electron chi connectivity index (χ2n) is 4.45. The molecule has 2 atom stereocenters. The number of nitro groups is 1. The summed E-state index contributed by atoms with van der Waals surface area (Å²) >= 11 is 0. The first-order valence-corrected chi connectivity index (χ1v) is 5.52. The topological polar surface area (TPSA) is 73.0 Å². The molecule has 1 saturated carbocycles. The molecule has 0 saturated heterocycles. The Bertz CT molecular complexity index is 402. The fourth-order valence-corrected chi connectivity index (χ4v) is 2.25. The molecule has 0 radical (unpaired) electrons. The summed E-state index contributed by atoms with van der Waals surface area (Å²) in [6.45, 7) is 2.17. The molecule has 16 heavy (non-hydrogen) atoms. The molecule has 0 amide bonds. The molecule has 0 spiro atoms. The van der Waals surface area contributed by atoms with Gasteiger partial charge in [0, 0.05) is 13.1 Å². The van der Waals surface area contributed by atoms with E-state index < -0.39 is 4.92 Å². The third-order valence-electron chi connectivity index (χ3n) is 3.19. The van der Waals surface area contributed by atoms with Crippen molar-refractivity contribution in [1.82, 2.24) is 9.78 Å². The summed E-state index contributed by atoms with van der Waals surface area (Å²) in [6, 6.07) is 0.314. The largest absolute Gasteiger partial charge is 0.360 e. The number of rotatable bonds is 3. The third-order valence-corrected chi connectivity index (χ3v) is 3.19. The summed E-state index contributed by atoms with van der Waals surface area (Å²) in [6.07, 6.45) is 4.86. The summed E-state index contributed by atoms with van der Waals surface area (Å²) in [5.41, 5.74) is 0.0570. The minimum Gasteiger partial charge on any atom is -0.360 e. The Balaban J connectivity index is 2.17. The number of nitrogens with one attached hydrogen (secondary N) is 1. The lowest BCUT2D eigenvalue weighted by molar-refractivity contribution is -0.384. The lowest BCUT2D eigenvalue weighted by Gasteiger charge is -2.16. The predicted octanol–water partition coefficient (Wildman–Crippen LogP) is 1.93. The van der Waals surface area contributed by atoms with Gasteiger partial charge in [0.1, 0.15) is 6.20 Å². The maximum Gasteiger partial charge on any atom is 0.330 e. The van der Waals surface area contributed by atoms with Gasteiger partial charge < -0.3 is 5.32 Å². The van der Waals surface area contributed by atoms with Gasteiger partial charge in [-0.15, -0.1) is 5.10 Å². The van der Waals surface area contributed by atoms with Crippen molar-refractivity contribution in [3.63, 3.8) is 0 Å². The highest BCUT2D eigenvalue weighted by atomic mass is 16.6. The van der Waals surface area contributed by atoms with Gasteiger partial charge in [-0.1, -0.05) is 13.3 Å². The zero-order valence-electron chi connectivity index (χ0n) is 9.51. The SMILES string of the molecule is CC1CCCC1Nc1nn(C)cc1[N+](=O)[O-]. The van der Waals surface area contributed by atoms with Crippen molar-refractivity contribution in [2.45, 2.75) is 32.2 Å². The van der Waals surface area contributed by atoms with Crippen LogP contribution in [0.5, 0.6) is 0 Å². The summed E-state index contributed by atoms with van der Waals surface area (Å²) < 4.78 is 1.47. The third kappa shape index (κ3) is 2.00. The number of hydrogen-bond acceptors (Lipinski definition) is 4. The Hall–Kier alpha value is -1.59. The van der Waals surface area contributed by atoms with Gasteiger partial charge in [-0.05, 0) is 18.8 Å². The molecule has 1 aliphatic rings. The molecule has 0 aromatic carbocycles. The van der Waals surface area contributed by atoms with E-state index in [1.165, 1.54) is 23.7 Å². The van der Waals surface area contributed by atoms with Gasteiger partial charge >= 0.3 is 5.69 Å². The molecule has 1 N–H and O–H groups in total. The maximum absolute atomic E-state index is 10.8. The van der Waals surface area contributed by atoms with Crippen molar-refractivity contribution in [3.05, 3.63) is 16.3 Å². The number of aromatic nitrogens is 2. The highest BCUT2D eigenvalue weighted by molar-refractivity contribution is 5.55. The lowest BCUT2D eigenvalue weighted by atomic mass is 10.1. The Morgan fingerprint density at radius 1 is 1.62 bits per heavy atom. The average molecular weight is 224 g/mol. The highest BCUT2D eigenvalue weighted by Gasteiger charge is 2.27. The van der Waals surface area contributed by atoms with Crippen LogP contribution in [-0.4, -0.2) is 20.7 Å². The van der Waals surface area contributed by atoms with E-state index in [4.69, 9.17) is 0 Å². The Morgan fingerprint density at radius 3 is 2.94 bits per heavy atom. The summed E-state index contributed by atoms with van der Waals surface area (Å²) in [5.74, 6) is 0.952. The molecule has 88 valence electrons. The molecule has 6 heteroatoms. The number of aryl methyl sites for hydroxylation is 1. The number of hydrogen-bond donors (Lipinski definition) is 1. The number of nitrogens with zero attached hydrogens (tertiary/aromatic N) is 3. The van der Waals surface area contributed by atoms with Gasteiger partial charge in [-0.3, -0.25) is 14.8 Å². The molecule has 1 aromatic rings.